The molecule has 0 saturated heterocycles. The third-order valence-electron chi connectivity index (χ3n) is 2.81. The van der Waals surface area contributed by atoms with E-state index >= 15 is 0 Å². The summed E-state index contributed by atoms with van der Waals surface area (Å²) in [5.74, 6) is -9.56. The minimum atomic E-state index is -5.59. The lowest BCUT2D eigenvalue weighted by Crippen LogP contribution is -2.16. The Labute approximate surface area is 139 Å². The molecule has 0 bridgehead atoms. The van der Waals surface area contributed by atoms with E-state index in [0.29, 0.717) is 5.56 Å². The highest BCUT2D eigenvalue weighted by Crippen LogP contribution is 2.38. The number of hydrogen-bond donors (Lipinski definition) is 1. The average Bonchev–Trinajstić information content (AvgIpc) is 2.49. The molecule has 24 heavy (non-hydrogen) atoms. The molecule has 0 fully saturated rings. The quantitative estimate of drug-likeness (QED) is 0.306. The van der Waals surface area contributed by atoms with Gasteiger partial charge in [-0.2, -0.15) is 18.3 Å². The predicted molar refractivity (Wildman–Crippen MR) is 76.6 cm³/mol. The fraction of sp³-hybridized carbons (Fsp3) is 0.0714. The zero-order valence-corrected chi connectivity index (χ0v) is 12.9. The zero-order valence-electron chi connectivity index (χ0n) is 11.4. The van der Waals surface area contributed by atoms with Crippen LogP contribution in [0.4, 0.5) is 36.4 Å². The fourth-order valence-electron chi connectivity index (χ4n) is 1.70. The summed E-state index contributed by atoms with van der Waals surface area (Å²) in [7, 11) is 0. The van der Waals surface area contributed by atoms with Crippen molar-refractivity contribution in [3.05, 3.63) is 63.1 Å². The second kappa shape index (κ2) is 6.80. The van der Waals surface area contributed by atoms with Gasteiger partial charge in [0.15, 0.2) is 23.3 Å². The van der Waals surface area contributed by atoms with Gasteiger partial charge < -0.3 is 0 Å². The van der Waals surface area contributed by atoms with Crippen LogP contribution >= 0.6 is 15.9 Å². The van der Waals surface area contributed by atoms with E-state index in [0.717, 1.165) is 10.7 Å². The summed E-state index contributed by atoms with van der Waals surface area (Å²) in [5.41, 5.74) is -1.98. The second-order valence-electron chi connectivity index (χ2n) is 4.43. The van der Waals surface area contributed by atoms with Crippen LogP contribution in [0.15, 0.2) is 33.8 Å². The molecule has 128 valence electrons. The van der Waals surface area contributed by atoms with E-state index in [1.54, 1.807) is 29.7 Å². The van der Waals surface area contributed by atoms with Crippen molar-refractivity contribution in [2.75, 3.05) is 5.43 Å². The van der Waals surface area contributed by atoms with Crippen LogP contribution in [0.3, 0.4) is 0 Å². The van der Waals surface area contributed by atoms with Gasteiger partial charge >= 0.3 is 6.18 Å². The van der Waals surface area contributed by atoms with Crippen molar-refractivity contribution in [1.82, 2.24) is 0 Å². The molecule has 2 aromatic rings. The van der Waals surface area contributed by atoms with Gasteiger partial charge in [-0.15, -0.1) is 0 Å². The molecule has 10 heteroatoms. The summed E-state index contributed by atoms with van der Waals surface area (Å²) in [6.45, 7) is 0. The molecule has 2 rings (SSSR count). The predicted octanol–water partition coefficient (Wildman–Crippen LogP) is 5.47. The van der Waals surface area contributed by atoms with E-state index in [2.05, 4.69) is 21.0 Å². The first-order valence-electron chi connectivity index (χ1n) is 6.10. The highest BCUT2D eigenvalue weighted by Gasteiger charge is 2.42. The van der Waals surface area contributed by atoms with Crippen molar-refractivity contribution in [3.63, 3.8) is 0 Å². The molecule has 0 aromatic heterocycles. The summed E-state index contributed by atoms with van der Waals surface area (Å²) in [6, 6.07) is 6.35. The lowest BCUT2D eigenvalue weighted by molar-refractivity contribution is -0.143. The van der Waals surface area contributed by atoms with Gasteiger partial charge in [-0.25, -0.2) is 17.6 Å². The zero-order chi connectivity index (χ0) is 18.1. The third kappa shape index (κ3) is 3.69. The highest BCUT2D eigenvalue weighted by molar-refractivity contribution is 9.10. The first-order chi connectivity index (χ1) is 11.1. The first kappa shape index (κ1) is 18.2. The molecule has 0 aliphatic heterocycles. The number of nitrogens with zero attached hydrogens (tertiary/aromatic N) is 1. The Hall–Kier alpha value is -2.10. The van der Waals surface area contributed by atoms with E-state index in [9.17, 15) is 30.7 Å². The van der Waals surface area contributed by atoms with Crippen LogP contribution in [0, 0.1) is 23.3 Å². The van der Waals surface area contributed by atoms with Crippen LogP contribution in [-0.4, -0.2) is 6.21 Å². The van der Waals surface area contributed by atoms with Gasteiger partial charge in [0.25, 0.3) is 0 Å². The van der Waals surface area contributed by atoms with E-state index in [1.807, 2.05) is 0 Å². The average molecular weight is 415 g/mol. The maximum absolute atomic E-state index is 13.6. The van der Waals surface area contributed by atoms with Crippen LogP contribution in [0.2, 0.25) is 0 Å². The van der Waals surface area contributed by atoms with Crippen LogP contribution in [-0.2, 0) is 6.18 Å². The van der Waals surface area contributed by atoms with Crippen LogP contribution in [0.5, 0.6) is 0 Å². The molecule has 2 aromatic carbocycles. The third-order valence-corrected chi connectivity index (χ3v) is 3.34. The summed E-state index contributed by atoms with van der Waals surface area (Å²) in [4.78, 5) is 0. The van der Waals surface area contributed by atoms with E-state index in [-0.39, 0.29) is 0 Å². The lowest BCUT2D eigenvalue weighted by Gasteiger charge is -2.13. The summed E-state index contributed by atoms with van der Waals surface area (Å²) in [5, 5.41) is 3.35. The Balaban J connectivity index is 2.36. The van der Waals surface area contributed by atoms with Crippen molar-refractivity contribution < 1.29 is 30.7 Å². The number of rotatable bonds is 3. The topological polar surface area (TPSA) is 24.4 Å². The van der Waals surface area contributed by atoms with Crippen molar-refractivity contribution in [3.8, 4) is 0 Å². The molecule has 0 atom stereocenters. The number of hydrazone groups is 1. The van der Waals surface area contributed by atoms with E-state index in [4.69, 9.17) is 0 Å². The Morgan fingerprint density at radius 2 is 1.38 bits per heavy atom. The minimum Gasteiger partial charge on any atom is -0.272 e. The van der Waals surface area contributed by atoms with Gasteiger partial charge in [0.05, 0.1) is 6.21 Å². The van der Waals surface area contributed by atoms with Crippen LogP contribution < -0.4 is 5.43 Å². The minimum absolute atomic E-state index is 0.458. The van der Waals surface area contributed by atoms with E-state index < -0.39 is 40.7 Å². The summed E-state index contributed by atoms with van der Waals surface area (Å²) in [6.07, 6.45) is -4.53. The van der Waals surface area contributed by atoms with Crippen molar-refractivity contribution in [1.29, 1.82) is 0 Å². The smallest absolute Gasteiger partial charge is 0.272 e. The molecule has 1 N–H and O–H groups in total. The highest BCUT2D eigenvalue weighted by atomic mass is 79.9. The fourth-order valence-corrected chi connectivity index (χ4v) is 1.96. The van der Waals surface area contributed by atoms with Crippen LogP contribution in [0.1, 0.15) is 11.1 Å². The van der Waals surface area contributed by atoms with Crippen molar-refractivity contribution in [2.24, 2.45) is 5.10 Å². The maximum Gasteiger partial charge on any atom is 0.422 e. The van der Waals surface area contributed by atoms with Gasteiger partial charge in [0, 0.05) is 4.47 Å². The van der Waals surface area contributed by atoms with Gasteiger partial charge in [0.1, 0.15) is 11.3 Å². The standard InChI is InChI=1S/C14H6BrF7N2/c15-7-3-1-6(2-4-7)5-23-24-13-11(18)9(16)8(14(20,21)22)10(17)12(13)19/h1-5,24H/b23-5-. The molecular formula is C14H6BrF7N2. The monoisotopic (exact) mass is 414 g/mol. The normalized spacial score (nSPS) is 12.0. The molecule has 2 nitrogen and oxygen atoms in total. The van der Waals surface area contributed by atoms with Crippen molar-refractivity contribution >= 4 is 27.8 Å². The molecular weight excluding hydrogens is 409 g/mol. The van der Waals surface area contributed by atoms with Gasteiger partial charge in [-0.3, -0.25) is 5.43 Å². The molecule has 0 aliphatic rings. The molecule has 0 unspecified atom stereocenters. The van der Waals surface area contributed by atoms with E-state index in [1.165, 1.54) is 0 Å². The summed E-state index contributed by atoms with van der Waals surface area (Å²) >= 11 is 3.17. The maximum atomic E-state index is 13.6. The largest absolute Gasteiger partial charge is 0.422 e. The number of nitrogens with one attached hydrogen (secondary N) is 1. The Bertz CT molecular complexity index is 756. The summed E-state index contributed by atoms with van der Waals surface area (Å²) < 4.78 is 92.0. The van der Waals surface area contributed by atoms with Crippen molar-refractivity contribution in [2.45, 2.75) is 6.18 Å². The number of halogens is 8. The molecule has 0 heterocycles. The first-order valence-corrected chi connectivity index (χ1v) is 6.90. The van der Waals surface area contributed by atoms with Gasteiger partial charge in [-0.05, 0) is 17.7 Å². The number of hydrogen-bond acceptors (Lipinski definition) is 2. The lowest BCUT2D eigenvalue weighted by atomic mass is 10.1. The number of benzene rings is 2. The Kier molecular flexibility index (Phi) is 5.16. The Morgan fingerprint density at radius 3 is 1.83 bits per heavy atom. The second-order valence-corrected chi connectivity index (χ2v) is 5.34. The number of alkyl halides is 3. The molecule has 0 radical (unpaired) electrons. The molecule has 0 saturated carbocycles. The molecule has 0 amide bonds. The van der Waals surface area contributed by atoms with Crippen LogP contribution in [0.25, 0.3) is 0 Å². The Morgan fingerprint density at radius 1 is 0.875 bits per heavy atom. The SMILES string of the molecule is Fc1c(F)c(C(F)(F)F)c(F)c(F)c1N/N=C\c1ccc(Br)cc1. The molecule has 0 spiro atoms. The van der Waals surface area contributed by atoms with Gasteiger partial charge in [0.2, 0.25) is 0 Å². The number of anilines is 1. The molecule has 0 aliphatic carbocycles. The van der Waals surface area contributed by atoms with Gasteiger partial charge in [-0.1, -0.05) is 28.1 Å².